The van der Waals surface area contributed by atoms with E-state index in [1.807, 2.05) is 0 Å². The normalized spacial score (nSPS) is 49.9. The average molecular weight is 990 g/mol. The van der Waals surface area contributed by atoms with Crippen LogP contribution in [-0.4, -0.2) is 23.1 Å². The summed E-state index contributed by atoms with van der Waals surface area (Å²) in [5.74, 6) is 7.71. The van der Waals surface area contributed by atoms with Gasteiger partial charge in [-0.25, -0.2) is 0 Å². The Kier molecular flexibility index (Phi) is 13.6. The zero-order chi connectivity index (χ0) is 52.9. The lowest BCUT2D eigenvalue weighted by Gasteiger charge is -2.68. The van der Waals surface area contributed by atoms with Gasteiger partial charge in [-0.05, 0) is 244 Å². The molecule has 0 spiro atoms. The topological polar surface area (TPSA) is 68.3 Å². The minimum Gasteiger partial charge on any atom is -0.299 e. The molecule has 18 atom stereocenters. The van der Waals surface area contributed by atoms with Crippen LogP contribution in [0.25, 0.3) is 0 Å². The fourth-order valence-corrected chi connectivity index (χ4v) is 22.3. The number of carbonyl (C=O) groups is 4. The van der Waals surface area contributed by atoms with Crippen LogP contribution in [0.3, 0.4) is 0 Å². The van der Waals surface area contributed by atoms with E-state index in [-0.39, 0.29) is 55.2 Å². The molecule has 0 N–H and O–H groups in total. The van der Waals surface area contributed by atoms with E-state index in [1.54, 1.807) is 6.92 Å². The van der Waals surface area contributed by atoms with Gasteiger partial charge in [0.1, 0.15) is 11.6 Å². The van der Waals surface area contributed by atoms with Crippen molar-refractivity contribution >= 4 is 23.1 Å². The zero-order valence-electron chi connectivity index (χ0n) is 49.9. The number of hydrogen-bond acceptors (Lipinski definition) is 4. The lowest BCUT2D eigenvalue weighted by atomic mass is 9.36. The smallest absolute Gasteiger partial charge is 0.159 e. The first-order valence-electron chi connectivity index (χ1n) is 30.7. The van der Waals surface area contributed by atoms with Gasteiger partial charge in [-0.2, -0.15) is 0 Å². The Balaban J connectivity index is 0.000000178. The molecule has 0 saturated heterocycles. The maximum absolute atomic E-state index is 14.3. The van der Waals surface area contributed by atoms with Crippen molar-refractivity contribution in [1.29, 1.82) is 0 Å². The molecule has 72 heavy (non-hydrogen) atoms. The van der Waals surface area contributed by atoms with Gasteiger partial charge in [0.05, 0.1) is 0 Å². The van der Waals surface area contributed by atoms with Crippen molar-refractivity contribution in [3.8, 4) is 0 Å². The van der Waals surface area contributed by atoms with Crippen LogP contribution >= 0.6 is 0 Å². The first-order chi connectivity index (χ1) is 33.2. The third kappa shape index (κ3) is 8.16. The summed E-state index contributed by atoms with van der Waals surface area (Å²) in [5.41, 5.74) is 3.88. The Morgan fingerprint density at radius 3 is 1.39 bits per heavy atom. The molecule has 0 aromatic carbocycles. The van der Waals surface area contributed by atoms with Gasteiger partial charge in [0.25, 0.3) is 0 Å². The second-order valence-electron chi connectivity index (χ2n) is 32.8. The number of allylic oxidation sites excluding steroid dienone is 4. The van der Waals surface area contributed by atoms with E-state index in [9.17, 15) is 19.2 Å². The third-order valence-electron chi connectivity index (χ3n) is 27.2. The van der Waals surface area contributed by atoms with Crippen molar-refractivity contribution in [1.82, 2.24) is 0 Å². The number of Topliss-reactive ketones (excluding diaryl/α,β-unsaturated/α-hetero) is 2. The number of rotatable bonds is 6. The van der Waals surface area contributed by atoms with Crippen LogP contribution in [0.1, 0.15) is 253 Å². The molecule has 0 heterocycles. The molecule has 10 aliphatic carbocycles. The highest BCUT2D eigenvalue weighted by molar-refractivity contribution is 5.96. The number of hydrogen-bond donors (Lipinski definition) is 0. The molecular weight excluding hydrogens is 881 g/mol. The standard InChI is InChI=1S/2C34H54O2/c1-21(2)18-23-10-14-34(9)28(30(23,4)5)12-15-33(8)25-11-13-31(6)16-17-32(7,22(3)35)20-26(31)24(25)19-27(36)29(33)34;1-21(2)18-28(36)32(7)17-16-31(6)13-11-24-23(25(31)20-32)19-26(35)29-33(24,8)15-12-27-30(4,5)22(3)10-14-34(27,29)9/h19,21,23,25-26,28-29H,10-18,20H2,1-9H3;19,21-22,24-25,27,29H,10-18,20H2,1-9H3/t23-,25?,26+,28+,29+,31+,32+,33+,34+;22-,24?,25-,27-,29-,31-,32-,33-,34-/m10/s1. The van der Waals surface area contributed by atoms with Gasteiger partial charge < -0.3 is 0 Å². The quantitative estimate of drug-likeness (QED) is 0.266. The first-order valence-corrected chi connectivity index (χ1v) is 30.7. The summed E-state index contributed by atoms with van der Waals surface area (Å²) in [7, 11) is 0. The maximum Gasteiger partial charge on any atom is 0.159 e. The lowest BCUT2D eigenvalue weighted by Crippen LogP contribution is -2.63. The molecule has 0 aromatic heterocycles. The second-order valence-corrected chi connectivity index (χ2v) is 32.8. The largest absolute Gasteiger partial charge is 0.299 e. The Bertz CT molecular complexity index is 2260. The van der Waals surface area contributed by atoms with Crippen molar-refractivity contribution < 1.29 is 19.2 Å². The predicted octanol–water partition coefficient (Wildman–Crippen LogP) is 17.7. The van der Waals surface area contributed by atoms with Gasteiger partial charge >= 0.3 is 0 Å². The Morgan fingerprint density at radius 1 is 0.500 bits per heavy atom. The fraction of sp³-hybridized carbons (Fsp3) is 0.882. The molecule has 0 aliphatic heterocycles. The van der Waals surface area contributed by atoms with Gasteiger partial charge in [0, 0.05) is 29.1 Å². The SMILES string of the molecule is CC(=O)[C@@]1(C)CC[C@]2(C)CCC3C(=CC(=O)[C@@H]4[C@@]5(C)CC[C@H](CC(C)C)C(C)(C)[C@@H]5CC[C@@]34C)[C@@H]2C1.CC(C)CC(=O)[C@@]1(C)CC[C@]2(C)CCC3C(=CC(=O)[C@@H]4[C@@]5(C)CC[C@H](C)C(C)(C)[C@@H]5CC[C@@]34C)[C@@H]2C1. The molecule has 10 aliphatic rings. The highest BCUT2D eigenvalue weighted by Crippen LogP contribution is 2.74. The van der Waals surface area contributed by atoms with Gasteiger partial charge in [-0.3, -0.25) is 19.2 Å². The molecule has 0 aromatic rings. The van der Waals surface area contributed by atoms with Gasteiger partial charge in [0.15, 0.2) is 11.6 Å². The predicted molar refractivity (Wildman–Crippen MR) is 297 cm³/mol. The highest BCUT2D eigenvalue weighted by Gasteiger charge is 2.69. The van der Waals surface area contributed by atoms with Gasteiger partial charge in [0.2, 0.25) is 0 Å². The number of ketones is 4. The van der Waals surface area contributed by atoms with Crippen LogP contribution in [0.2, 0.25) is 0 Å². The molecule has 0 radical (unpaired) electrons. The van der Waals surface area contributed by atoms with E-state index >= 15 is 0 Å². The van der Waals surface area contributed by atoms with Gasteiger partial charge in [-0.15, -0.1) is 0 Å². The van der Waals surface area contributed by atoms with Crippen LogP contribution in [0, 0.1) is 125 Å². The molecule has 8 saturated carbocycles. The Labute approximate surface area is 441 Å². The van der Waals surface area contributed by atoms with E-state index in [2.05, 4.69) is 130 Å². The van der Waals surface area contributed by atoms with E-state index in [1.165, 1.54) is 94.6 Å². The highest BCUT2D eigenvalue weighted by atomic mass is 16.1. The minimum atomic E-state index is -0.231. The number of carbonyl (C=O) groups excluding carboxylic acids is 4. The summed E-state index contributed by atoms with van der Waals surface area (Å²) < 4.78 is 0. The second kappa shape index (κ2) is 17.9. The molecule has 0 amide bonds. The summed E-state index contributed by atoms with van der Waals surface area (Å²) in [5, 5.41) is 0. The monoisotopic (exact) mass is 989 g/mol. The molecule has 8 fully saturated rings. The van der Waals surface area contributed by atoms with E-state index in [0.29, 0.717) is 81.8 Å². The van der Waals surface area contributed by atoms with Crippen LogP contribution in [-0.2, 0) is 19.2 Å². The van der Waals surface area contributed by atoms with Crippen LogP contribution < -0.4 is 0 Å². The zero-order valence-corrected chi connectivity index (χ0v) is 49.9. The van der Waals surface area contributed by atoms with Crippen LogP contribution in [0.4, 0.5) is 0 Å². The summed E-state index contributed by atoms with van der Waals surface area (Å²) in [6.45, 7) is 42.8. The first kappa shape index (κ1) is 54.9. The molecule has 404 valence electrons. The average Bonchev–Trinajstić information content (AvgIpc) is 3.26. The molecule has 4 heteroatoms. The van der Waals surface area contributed by atoms with Crippen LogP contribution in [0.15, 0.2) is 23.3 Å². The van der Waals surface area contributed by atoms with Gasteiger partial charge in [-0.1, -0.05) is 129 Å². The molecule has 10 rings (SSSR count). The van der Waals surface area contributed by atoms with Crippen molar-refractivity contribution in [2.75, 3.05) is 0 Å². The van der Waals surface area contributed by atoms with Crippen molar-refractivity contribution in [2.24, 2.45) is 125 Å². The van der Waals surface area contributed by atoms with Crippen LogP contribution in [0.5, 0.6) is 0 Å². The van der Waals surface area contributed by atoms with E-state index in [4.69, 9.17) is 0 Å². The Hall–Kier alpha value is -1.84. The summed E-state index contributed by atoms with van der Waals surface area (Å²) >= 11 is 0. The maximum atomic E-state index is 14.3. The van der Waals surface area contributed by atoms with Crippen molar-refractivity contribution in [3.05, 3.63) is 23.3 Å². The molecule has 2 unspecified atom stereocenters. The third-order valence-corrected chi connectivity index (χ3v) is 27.2. The lowest BCUT2D eigenvalue weighted by molar-refractivity contribution is -0.179. The summed E-state index contributed by atoms with van der Waals surface area (Å²) in [6.07, 6.45) is 27.4. The summed E-state index contributed by atoms with van der Waals surface area (Å²) in [6, 6.07) is 0. The van der Waals surface area contributed by atoms with Crippen molar-refractivity contribution in [2.45, 2.75) is 253 Å². The molecule has 0 bridgehead atoms. The summed E-state index contributed by atoms with van der Waals surface area (Å²) in [4.78, 5) is 54.8. The molecular formula is C68H108O4. The van der Waals surface area contributed by atoms with E-state index in [0.717, 1.165) is 56.3 Å². The van der Waals surface area contributed by atoms with Crippen molar-refractivity contribution in [3.63, 3.8) is 0 Å². The fourth-order valence-electron chi connectivity index (χ4n) is 22.3. The molecule has 4 nitrogen and oxygen atoms in total. The Morgan fingerprint density at radius 2 is 0.931 bits per heavy atom. The van der Waals surface area contributed by atoms with E-state index < -0.39 is 0 Å². The minimum absolute atomic E-state index is 0.0682. The number of fused-ring (bicyclic) bond motifs is 14.